The number of nitro groups is 1. The van der Waals surface area contributed by atoms with E-state index in [4.69, 9.17) is 4.74 Å². The van der Waals surface area contributed by atoms with Gasteiger partial charge in [0.25, 0.3) is 0 Å². The molecule has 0 spiro atoms. The van der Waals surface area contributed by atoms with Gasteiger partial charge in [0.2, 0.25) is 24.4 Å². The molecule has 1 amide bonds. The normalized spacial score (nSPS) is 15.9. The molecule has 11 nitrogen and oxygen atoms in total. The molecule has 1 unspecified atom stereocenters. The van der Waals surface area contributed by atoms with Gasteiger partial charge in [0.15, 0.2) is 0 Å². The Morgan fingerprint density at radius 2 is 1.96 bits per heavy atom. The minimum atomic E-state index is -0.767. The molecule has 2 heterocycles. The first kappa shape index (κ1) is 19.3. The molecule has 1 atom stereocenters. The molecule has 1 aliphatic heterocycles. The largest absolute Gasteiger partial charge is 0.490 e. The first-order chi connectivity index (χ1) is 13.4. The van der Waals surface area contributed by atoms with E-state index < -0.39 is 17.1 Å². The van der Waals surface area contributed by atoms with Crippen molar-refractivity contribution in [1.82, 2.24) is 19.8 Å². The summed E-state index contributed by atoms with van der Waals surface area (Å²) >= 11 is 0. The van der Waals surface area contributed by atoms with Crippen LogP contribution >= 0.6 is 0 Å². The molecule has 1 aliphatic rings. The fourth-order valence-corrected chi connectivity index (χ4v) is 2.90. The maximum atomic E-state index is 11.9. The third-order valence-corrected chi connectivity index (χ3v) is 4.32. The molecule has 3 rings (SSSR count). The lowest BCUT2D eigenvalue weighted by atomic mass is 10.2. The van der Waals surface area contributed by atoms with E-state index in [1.165, 1.54) is 22.9 Å². The molecule has 148 valence electrons. The quantitative estimate of drug-likeness (QED) is 0.523. The lowest BCUT2D eigenvalue weighted by Gasteiger charge is -2.21. The minimum Gasteiger partial charge on any atom is -0.448 e. The summed E-state index contributed by atoms with van der Waals surface area (Å²) in [6, 6.07) is 7.71. The van der Waals surface area contributed by atoms with E-state index in [9.17, 15) is 14.9 Å². The third-order valence-electron chi connectivity index (χ3n) is 4.32. The second-order valence-corrected chi connectivity index (χ2v) is 6.08. The zero-order valence-electron chi connectivity index (χ0n) is 15.8. The third kappa shape index (κ3) is 3.92. The van der Waals surface area contributed by atoms with Crippen molar-refractivity contribution in [3.05, 3.63) is 46.3 Å². The van der Waals surface area contributed by atoms with Gasteiger partial charge in [-0.05, 0) is 43.0 Å². The monoisotopic (exact) mass is 387 g/mol. The number of amides is 1. The van der Waals surface area contributed by atoms with E-state index in [2.05, 4.69) is 33.9 Å². The number of rotatable bonds is 7. The maximum absolute atomic E-state index is 11.9. The molecular formula is C17H21N7O4. The molecule has 1 aromatic heterocycles. The summed E-state index contributed by atoms with van der Waals surface area (Å²) in [5.41, 5.74) is 1.82. The number of anilines is 1. The average molecular weight is 387 g/mol. The second-order valence-electron chi connectivity index (χ2n) is 6.08. The zero-order valence-corrected chi connectivity index (χ0v) is 15.8. The number of ether oxygens (including phenoxy) is 1. The van der Waals surface area contributed by atoms with Crippen LogP contribution in [0.2, 0.25) is 0 Å². The van der Waals surface area contributed by atoms with Crippen LogP contribution in [0.4, 0.5) is 11.6 Å². The van der Waals surface area contributed by atoms with Crippen molar-refractivity contribution in [2.75, 3.05) is 18.0 Å². The Morgan fingerprint density at radius 1 is 1.29 bits per heavy atom. The van der Waals surface area contributed by atoms with Gasteiger partial charge in [0, 0.05) is 36.4 Å². The van der Waals surface area contributed by atoms with Crippen LogP contribution in [0.25, 0.3) is 0 Å². The van der Waals surface area contributed by atoms with Gasteiger partial charge in [-0.3, -0.25) is 4.79 Å². The van der Waals surface area contributed by atoms with Gasteiger partial charge in [-0.1, -0.05) is 4.98 Å². The molecule has 1 aromatic carbocycles. The highest BCUT2D eigenvalue weighted by Crippen LogP contribution is 2.21. The Labute approximate surface area is 161 Å². The lowest BCUT2D eigenvalue weighted by Crippen LogP contribution is -2.35. The molecule has 0 fully saturated rings. The molecule has 0 saturated carbocycles. The summed E-state index contributed by atoms with van der Waals surface area (Å²) in [6.07, 6.45) is 0.452. The number of aromatic nitrogens is 3. The highest BCUT2D eigenvalue weighted by atomic mass is 16.6. The fourth-order valence-electron chi connectivity index (χ4n) is 2.90. The molecule has 0 N–H and O–H groups in total. The fraction of sp³-hybridized carbons (Fsp3) is 0.412. The van der Waals surface area contributed by atoms with Crippen LogP contribution in [0.15, 0.2) is 35.7 Å². The summed E-state index contributed by atoms with van der Waals surface area (Å²) in [6.45, 7) is 7.41. The van der Waals surface area contributed by atoms with Crippen LogP contribution in [0.3, 0.4) is 0 Å². The van der Waals surface area contributed by atoms with Crippen molar-refractivity contribution < 1.29 is 14.5 Å². The van der Waals surface area contributed by atoms with E-state index in [0.29, 0.717) is 5.90 Å². The number of hydrazone groups is 1. The summed E-state index contributed by atoms with van der Waals surface area (Å²) in [7, 11) is 0. The van der Waals surface area contributed by atoms with Gasteiger partial charge in [0.05, 0.1) is 0 Å². The van der Waals surface area contributed by atoms with Gasteiger partial charge in [-0.2, -0.15) is 9.69 Å². The highest BCUT2D eigenvalue weighted by molar-refractivity contribution is 5.96. The molecule has 11 heteroatoms. The van der Waals surface area contributed by atoms with E-state index in [1.807, 2.05) is 24.3 Å². The van der Waals surface area contributed by atoms with E-state index in [-0.39, 0.29) is 12.5 Å². The summed E-state index contributed by atoms with van der Waals surface area (Å²) in [5.74, 6) is -0.518. The first-order valence-electron chi connectivity index (χ1n) is 8.87. The SMILES string of the molecule is CCN(CC)c1ccc(C2=NN(C(C)=O)C(Cn3cnc([N+](=O)[O-])n3)O2)cc1. The molecule has 2 aromatic rings. The van der Waals surface area contributed by atoms with E-state index >= 15 is 0 Å². The van der Waals surface area contributed by atoms with Crippen LogP contribution in [0, 0.1) is 10.1 Å². The van der Waals surface area contributed by atoms with Gasteiger partial charge in [-0.15, -0.1) is 5.10 Å². The first-order valence-corrected chi connectivity index (χ1v) is 8.87. The van der Waals surface area contributed by atoms with Crippen molar-refractivity contribution in [2.45, 2.75) is 33.5 Å². The van der Waals surface area contributed by atoms with Crippen molar-refractivity contribution in [3.63, 3.8) is 0 Å². The standard InChI is InChI=1S/C17H21N7O4/c1-4-21(5-2)14-8-6-13(7-9-14)16-19-23(12(3)25)15(28-16)10-22-11-18-17(20-22)24(26)27/h6-9,11,15H,4-5,10H2,1-3H3. The number of hydrogen-bond acceptors (Lipinski definition) is 8. The number of carbonyl (C=O) groups excluding carboxylic acids is 1. The van der Waals surface area contributed by atoms with E-state index in [0.717, 1.165) is 24.3 Å². The number of nitrogens with zero attached hydrogens (tertiary/aromatic N) is 7. The van der Waals surface area contributed by atoms with Gasteiger partial charge >= 0.3 is 5.95 Å². The van der Waals surface area contributed by atoms with E-state index in [1.54, 1.807) is 0 Å². The Hall–Kier alpha value is -3.50. The van der Waals surface area contributed by atoms with Crippen molar-refractivity contribution >= 4 is 23.4 Å². The van der Waals surface area contributed by atoms with Crippen LogP contribution in [0.5, 0.6) is 0 Å². The number of carbonyl (C=O) groups is 1. The molecule has 28 heavy (non-hydrogen) atoms. The Kier molecular flexibility index (Phi) is 5.52. The Morgan fingerprint density at radius 3 is 2.50 bits per heavy atom. The number of benzene rings is 1. The molecule has 0 radical (unpaired) electrons. The van der Waals surface area contributed by atoms with Crippen LogP contribution < -0.4 is 4.90 Å². The zero-order chi connectivity index (χ0) is 20.3. The van der Waals surface area contributed by atoms with Gasteiger partial charge < -0.3 is 19.8 Å². The minimum absolute atomic E-state index is 0.0605. The summed E-state index contributed by atoms with van der Waals surface area (Å²) in [4.78, 5) is 27.8. The summed E-state index contributed by atoms with van der Waals surface area (Å²) in [5, 5.41) is 19.9. The topological polar surface area (TPSA) is 119 Å². The predicted molar refractivity (Wildman–Crippen MR) is 101 cm³/mol. The van der Waals surface area contributed by atoms with Crippen molar-refractivity contribution in [3.8, 4) is 0 Å². The molecule has 0 aliphatic carbocycles. The maximum Gasteiger partial charge on any atom is 0.490 e. The average Bonchev–Trinajstić information content (AvgIpc) is 3.31. The smallest absolute Gasteiger partial charge is 0.448 e. The van der Waals surface area contributed by atoms with Crippen LogP contribution in [-0.4, -0.2) is 55.8 Å². The molecular weight excluding hydrogens is 366 g/mol. The van der Waals surface area contributed by atoms with Crippen molar-refractivity contribution in [1.29, 1.82) is 0 Å². The van der Waals surface area contributed by atoms with Gasteiger partial charge in [-0.25, -0.2) is 0 Å². The highest BCUT2D eigenvalue weighted by Gasteiger charge is 2.33. The van der Waals surface area contributed by atoms with Crippen LogP contribution in [0.1, 0.15) is 26.3 Å². The number of hydrogen-bond donors (Lipinski definition) is 0. The second kappa shape index (κ2) is 8.03. The van der Waals surface area contributed by atoms with Crippen molar-refractivity contribution in [2.24, 2.45) is 5.10 Å². The van der Waals surface area contributed by atoms with Crippen LogP contribution in [-0.2, 0) is 16.1 Å². The Bertz CT molecular complexity index is 889. The molecule has 0 saturated heterocycles. The molecule has 0 bridgehead atoms. The Balaban J connectivity index is 1.77. The lowest BCUT2D eigenvalue weighted by molar-refractivity contribution is -0.394. The van der Waals surface area contributed by atoms with Gasteiger partial charge in [0.1, 0.15) is 6.54 Å². The predicted octanol–water partition coefficient (Wildman–Crippen LogP) is 1.60. The summed E-state index contributed by atoms with van der Waals surface area (Å²) < 4.78 is 7.08.